The van der Waals surface area contributed by atoms with Gasteiger partial charge in [0.05, 0.1) is 5.41 Å². The summed E-state index contributed by atoms with van der Waals surface area (Å²) in [5.41, 5.74) is 1.29. The van der Waals surface area contributed by atoms with E-state index in [4.69, 9.17) is 4.74 Å². The van der Waals surface area contributed by atoms with E-state index in [1.54, 1.807) is 17.0 Å². The number of nitrogens with zero attached hydrogens (tertiary/aromatic N) is 2. The second-order valence-electron chi connectivity index (χ2n) is 8.19. The molecule has 0 N–H and O–H groups in total. The molecule has 1 saturated carbocycles. The minimum absolute atomic E-state index is 0.000596. The van der Waals surface area contributed by atoms with E-state index in [2.05, 4.69) is 0 Å². The van der Waals surface area contributed by atoms with Crippen molar-refractivity contribution in [3.63, 3.8) is 0 Å². The monoisotopic (exact) mass is 394 g/mol. The van der Waals surface area contributed by atoms with E-state index in [0.717, 1.165) is 37.2 Å². The molecule has 2 heterocycles. The van der Waals surface area contributed by atoms with Crippen molar-refractivity contribution in [3.05, 3.63) is 59.9 Å². The zero-order valence-electron chi connectivity index (χ0n) is 16.1. The first-order valence-corrected chi connectivity index (χ1v) is 10.2. The molecule has 2 aromatic rings. The smallest absolute Gasteiger partial charge is 0.242 e. The van der Waals surface area contributed by atoms with Crippen LogP contribution in [0.2, 0.25) is 0 Å². The van der Waals surface area contributed by atoms with Gasteiger partial charge < -0.3 is 14.5 Å². The molecule has 6 heteroatoms. The second kappa shape index (κ2) is 6.87. The van der Waals surface area contributed by atoms with Gasteiger partial charge in [0, 0.05) is 24.7 Å². The Bertz CT molecular complexity index is 955. The molecular formula is C23H23FN2O3. The van der Waals surface area contributed by atoms with E-state index in [1.807, 2.05) is 29.2 Å². The number of benzene rings is 2. The van der Waals surface area contributed by atoms with Crippen molar-refractivity contribution in [1.82, 2.24) is 4.90 Å². The Morgan fingerprint density at radius 2 is 1.83 bits per heavy atom. The third-order valence-electron chi connectivity index (χ3n) is 6.41. The van der Waals surface area contributed by atoms with Gasteiger partial charge >= 0.3 is 0 Å². The maximum atomic E-state index is 13.5. The van der Waals surface area contributed by atoms with Crippen LogP contribution in [0, 0.1) is 11.2 Å². The summed E-state index contributed by atoms with van der Waals surface area (Å²) in [5.74, 6) is 0.270. The molecule has 5 nitrogen and oxygen atoms in total. The lowest BCUT2D eigenvalue weighted by molar-refractivity contribution is -0.132. The largest absolute Gasteiger partial charge is 0.492 e. The second-order valence-corrected chi connectivity index (χ2v) is 8.19. The molecular weight excluding hydrogens is 371 g/mol. The third kappa shape index (κ3) is 3.07. The van der Waals surface area contributed by atoms with Gasteiger partial charge in [0.1, 0.15) is 24.7 Å². The van der Waals surface area contributed by atoms with Crippen molar-refractivity contribution in [2.45, 2.75) is 25.2 Å². The molecule has 2 amide bonds. The number of halogens is 1. The quantitative estimate of drug-likeness (QED) is 0.782. The van der Waals surface area contributed by atoms with Gasteiger partial charge in [-0.05, 0) is 55.2 Å². The molecule has 1 saturated heterocycles. The van der Waals surface area contributed by atoms with Crippen LogP contribution in [-0.4, -0.2) is 43.0 Å². The fraction of sp³-hybridized carbons (Fsp3) is 0.391. The SMILES string of the molecule is O=C(CN1C(=O)C2(COc3ccc(F)cc3)CC2c2ccccc21)N1CCCC1. The Morgan fingerprint density at radius 1 is 1.10 bits per heavy atom. The van der Waals surface area contributed by atoms with Gasteiger partial charge in [-0.25, -0.2) is 4.39 Å². The summed E-state index contributed by atoms with van der Waals surface area (Å²) in [6.45, 7) is 1.83. The summed E-state index contributed by atoms with van der Waals surface area (Å²) in [4.78, 5) is 29.8. The Balaban J connectivity index is 1.39. The molecule has 1 aliphatic carbocycles. The molecule has 0 aromatic heterocycles. The summed E-state index contributed by atoms with van der Waals surface area (Å²) in [6.07, 6.45) is 2.75. The van der Waals surface area contributed by atoms with E-state index in [-0.39, 0.29) is 36.7 Å². The predicted octanol–water partition coefficient (Wildman–Crippen LogP) is 3.35. The van der Waals surface area contributed by atoms with Gasteiger partial charge in [-0.1, -0.05) is 18.2 Å². The molecule has 2 unspecified atom stereocenters. The molecule has 2 fully saturated rings. The number of fused-ring (bicyclic) bond motifs is 3. The normalized spacial score (nSPS) is 24.9. The molecule has 150 valence electrons. The Hall–Kier alpha value is -2.89. The first-order chi connectivity index (χ1) is 14.1. The summed E-state index contributed by atoms with van der Waals surface area (Å²) in [6, 6.07) is 13.7. The van der Waals surface area contributed by atoms with E-state index in [0.29, 0.717) is 12.2 Å². The number of rotatable bonds is 5. The van der Waals surface area contributed by atoms with E-state index >= 15 is 0 Å². The number of ether oxygens (including phenoxy) is 1. The number of amides is 2. The van der Waals surface area contributed by atoms with Crippen molar-refractivity contribution in [3.8, 4) is 5.75 Å². The zero-order chi connectivity index (χ0) is 20.0. The number of para-hydroxylation sites is 1. The average molecular weight is 394 g/mol. The molecule has 29 heavy (non-hydrogen) atoms. The fourth-order valence-corrected chi connectivity index (χ4v) is 4.68. The van der Waals surface area contributed by atoms with Gasteiger partial charge in [0.25, 0.3) is 0 Å². The van der Waals surface area contributed by atoms with Gasteiger partial charge in [-0.2, -0.15) is 0 Å². The maximum absolute atomic E-state index is 13.5. The molecule has 0 radical (unpaired) electrons. The maximum Gasteiger partial charge on any atom is 0.242 e. The van der Waals surface area contributed by atoms with Crippen LogP contribution in [0.3, 0.4) is 0 Å². The Labute approximate surface area is 169 Å². The minimum Gasteiger partial charge on any atom is -0.492 e. The number of carbonyl (C=O) groups excluding carboxylic acids is 2. The first kappa shape index (κ1) is 18.2. The van der Waals surface area contributed by atoms with Crippen molar-refractivity contribution in [1.29, 1.82) is 0 Å². The Morgan fingerprint density at radius 3 is 2.59 bits per heavy atom. The molecule has 2 atom stereocenters. The van der Waals surface area contributed by atoms with Crippen LogP contribution in [0.5, 0.6) is 5.75 Å². The van der Waals surface area contributed by atoms with Crippen LogP contribution in [-0.2, 0) is 9.59 Å². The lowest BCUT2D eigenvalue weighted by Crippen LogP contribution is -2.48. The number of hydrogen-bond acceptors (Lipinski definition) is 3. The van der Waals surface area contributed by atoms with Crippen LogP contribution < -0.4 is 9.64 Å². The average Bonchev–Trinajstić information content (AvgIpc) is 3.23. The van der Waals surface area contributed by atoms with Crippen LogP contribution in [0.15, 0.2) is 48.5 Å². The van der Waals surface area contributed by atoms with Crippen LogP contribution in [0.1, 0.15) is 30.7 Å². The van der Waals surface area contributed by atoms with Crippen LogP contribution >= 0.6 is 0 Å². The summed E-state index contributed by atoms with van der Waals surface area (Å²) in [5, 5.41) is 0. The summed E-state index contributed by atoms with van der Waals surface area (Å²) >= 11 is 0. The number of carbonyl (C=O) groups is 2. The van der Waals surface area contributed by atoms with Gasteiger partial charge in [0.2, 0.25) is 11.8 Å². The third-order valence-corrected chi connectivity index (χ3v) is 6.41. The highest BCUT2D eigenvalue weighted by atomic mass is 19.1. The van der Waals surface area contributed by atoms with Gasteiger partial charge in [-0.3, -0.25) is 9.59 Å². The van der Waals surface area contributed by atoms with Crippen molar-refractivity contribution in [2.24, 2.45) is 5.41 Å². The number of likely N-dealkylation sites (tertiary alicyclic amines) is 1. The van der Waals surface area contributed by atoms with E-state index in [9.17, 15) is 14.0 Å². The molecule has 5 rings (SSSR count). The topological polar surface area (TPSA) is 49.9 Å². The highest BCUT2D eigenvalue weighted by Gasteiger charge is 2.66. The lowest BCUT2D eigenvalue weighted by Gasteiger charge is -2.34. The van der Waals surface area contributed by atoms with Crippen LogP contribution in [0.25, 0.3) is 0 Å². The fourth-order valence-electron chi connectivity index (χ4n) is 4.68. The molecule has 0 bridgehead atoms. The molecule has 0 spiro atoms. The lowest BCUT2D eigenvalue weighted by atomic mass is 9.92. The number of anilines is 1. The van der Waals surface area contributed by atoms with Crippen molar-refractivity contribution >= 4 is 17.5 Å². The van der Waals surface area contributed by atoms with E-state index < -0.39 is 5.41 Å². The highest BCUT2D eigenvalue weighted by Crippen LogP contribution is 2.65. The standard InChI is InChI=1S/C23H23FN2O3/c24-16-7-9-17(10-8-16)29-15-23-13-19(23)18-5-1-2-6-20(18)26(22(23)28)14-21(27)25-11-3-4-12-25/h1-2,5-10,19H,3-4,11-15H2. The summed E-state index contributed by atoms with van der Waals surface area (Å²) < 4.78 is 19.0. The highest BCUT2D eigenvalue weighted by molar-refractivity contribution is 6.07. The van der Waals surface area contributed by atoms with Gasteiger partial charge in [-0.15, -0.1) is 0 Å². The zero-order valence-corrected chi connectivity index (χ0v) is 16.1. The van der Waals surface area contributed by atoms with Crippen molar-refractivity contribution < 1.29 is 18.7 Å². The summed E-state index contributed by atoms with van der Waals surface area (Å²) in [7, 11) is 0. The minimum atomic E-state index is -0.645. The molecule has 2 aromatic carbocycles. The Kier molecular flexibility index (Phi) is 4.30. The van der Waals surface area contributed by atoms with E-state index in [1.165, 1.54) is 12.1 Å². The van der Waals surface area contributed by atoms with Crippen LogP contribution in [0.4, 0.5) is 10.1 Å². The molecule has 3 aliphatic rings. The van der Waals surface area contributed by atoms with Gasteiger partial charge in [0.15, 0.2) is 0 Å². The van der Waals surface area contributed by atoms with Crippen molar-refractivity contribution in [2.75, 3.05) is 31.1 Å². The molecule has 2 aliphatic heterocycles. The predicted molar refractivity (Wildman–Crippen MR) is 106 cm³/mol. The number of hydrogen-bond donors (Lipinski definition) is 0. The first-order valence-electron chi connectivity index (χ1n) is 10.2.